The minimum atomic E-state index is -0.412. The van der Waals surface area contributed by atoms with E-state index in [0.29, 0.717) is 23.8 Å². The fourth-order valence-corrected chi connectivity index (χ4v) is 1.97. The highest BCUT2D eigenvalue weighted by Gasteiger charge is 2.19. The Morgan fingerprint density at radius 2 is 2.28 bits per heavy atom. The smallest absolute Gasteiger partial charge is 0.180 e. The van der Waals surface area contributed by atoms with Gasteiger partial charge in [0.2, 0.25) is 0 Å². The fourth-order valence-electron chi connectivity index (χ4n) is 1.97. The Morgan fingerprint density at radius 3 is 2.89 bits per heavy atom. The predicted octanol–water partition coefficient (Wildman–Crippen LogP) is 2.41. The Bertz CT molecular complexity index is 430. The number of nitrogens with one attached hydrogen (secondary N) is 1. The molecule has 0 spiro atoms. The number of hydrogen-bond donors (Lipinski definition) is 1. The Balaban J connectivity index is 2.08. The van der Waals surface area contributed by atoms with Crippen molar-refractivity contribution in [2.75, 3.05) is 20.2 Å². The van der Waals surface area contributed by atoms with Crippen molar-refractivity contribution in [1.82, 2.24) is 5.32 Å². The lowest BCUT2D eigenvalue weighted by molar-refractivity contribution is 0.0986. The van der Waals surface area contributed by atoms with E-state index in [1.165, 1.54) is 37.5 Å². The van der Waals surface area contributed by atoms with E-state index in [2.05, 4.69) is 5.32 Å². The van der Waals surface area contributed by atoms with Gasteiger partial charge in [-0.1, -0.05) is 6.42 Å². The SMILES string of the molecule is CNCC(=O)c1cc(F)ccc1OCC1CCC1. The molecule has 1 aliphatic carbocycles. The molecule has 0 aromatic heterocycles. The van der Waals surface area contributed by atoms with Crippen molar-refractivity contribution < 1.29 is 13.9 Å². The van der Waals surface area contributed by atoms with Crippen LogP contribution in [0.1, 0.15) is 29.6 Å². The topological polar surface area (TPSA) is 38.3 Å². The molecular formula is C14H18FNO2. The van der Waals surface area contributed by atoms with E-state index in [1.807, 2.05) is 0 Å². The summed E-state index contributed by atoms with van der Waals surface area (Å²) < 4.78 is 18.8. The molecule has 2 rings (SSSR count). The number of Topliss-reactive ketones (excluding diaryl/α,β-unsaturated/α-hetero) is 1. The quantitative estimate of drug-likeness (QED) is 0.789. The van der Waals surface area contributed by atoms with Gasteiger partial charge < -0.3 is 10.1 Å². The number of rotatable bonds is 6. The first-order chi connectivity index (χ1) is 8.70. The highest BCUT2D eigenvalue weighted by atomic mass is 19.1. The first kappa shape index (κ1) is 13.0. The molecule has 0 amide bonds. The summed E-state index contributed by atoms with van der Waals surface area (Å²) in [6.45, 7) is 0.800. The Morgan fingerprint density at radius 1 is 1.50 bits per heavy atom. The molecule has 0 aliphatic heterocycles. The zero-order valence-corrected chi connectivity index (χ0v) is 10.5. The highest BCUT2D eigenvalue weighted by Crippen LogP contribution is 2.28. The molecule has 1 aliphatic rings. The van der Waals surface area contributed by atoms with Crippen LogP contribution in [-0.4, -0.2) is 26.0 Å². The van der Waals surface area contributed by atoms with Crippen LogP contribution in [0.5, 0.6) is 5.75 Å². The van der Waals surface area contributed by atoms with Gasteiger partial charge >= 0.3 is 0 Å². The average Bonchev–Trinajstić information content (AvgIpc) is 2.29. The summed E-state index contributed by atoms with van der Waals surface area (Å²) >= 11 is 0. The third-order valence-electron chi connectivity index (χ3n) is 3.28. The monoisotopic (exact) mass is 251 g/mol. The summed E-state index contributed by atoms with van der Waals surface area (Å²) in [6.07, 6.45) is 3.62. The van der Waals surface area contributed by atoms with E-state index in [0.717, 1.165) is 0 Å². The van der Waals surface area contributed by atoms with E-state index in [4.69, 9.17) is 4.74 Å². The van der Waals surface area contributed by atoms with Gasteiger partial charge in [0.05, 0.1) is 18.7 Å². The van der Waals surface area contributed by atoms with E-state index in [9.17, 15) is 9.18 Å². The number of ether oxygens (including phenoxy) is 1. The molecule has 4 heteroatoms. The number of carbonyl (C=O) groups excluding carboxylic acids is 1. The number of hydrogen-bond acceptors (Lipinski definition) is 3. The van der Waals surface area contributed by atoms with Crippen LogP contribution in [0, 0.1) is 11.7 Å². The molecule has 98 valence electrons. The molecule has 0 unspecified atom stereocenters. The summed E-state index contributed by atoms with van der Waals surface area (Å²) in [4.78, 5) is 11.8. The Hall–Kier alpha value is -1.42. The number of halogens is 1. The molecular weight excluding hydrogens is 233 g/mol. The number of likely N-dealkylation sites (N-methyl/N-ethyl adjacent to an activating group) is 1. The van der Waals surface area contributed by atoms with E-state index < -0.39 is 5.82 Å². The zero-order valence-electron chi connectivity index (χ0n) is 10.5. The lowest BCUT2D eigenvalue weighted by Gasteiger charge is -2.25. The predicted molar refractivity (Wildman–Crippen MR) is 67.5 cm³/mol. The minimum Gasteiger partial charge on any atom is -0.493 e. The first-order valence-electron chi connectivity index (χ1n) is 6.31. The third kappa shape index (κ3) is 3.07. The number of ketones is 1. The van der Waals surface area contributed by atoms with E-state index in [-0.39, 0.29) is 12.3 Å². The van der Waals surface area contributed by atoms with Crippen LogP contribution >= 0.6 is 0 Å². The van der Waals surface area contributed by atoms with Gasteiger partial charge in [-0.2, -0.15) is 0 Å². The normalized spacial score (nSPS) is 15.2. The van der Waals surface area contributed by atoms with Crippen molar-refractivity contribution in [2.24, 2.45) is 5.92 Å². The van der Waals surface area contributed by atoms with Crippen LogP contribution in [0.15, 0.2) is 18.2 Å². The van der Waals surface area contributed by atoms with Crippen LogP contribution in [0.2, 0.25) is 0 Å². The maximum Gasteiger partial charge on any atom is 0.180 e. The van der Waals surface area contributed by atoms with Crippen LogP contribution in [0.4, 0.5) is 4.39 Å². The van der Waals surface area contributed by atoms with Gasteiger partial charge in [0.25, 0.3) is 0 Å². The van der Waals surface area contributed by atoms with Crippen molar-refractivity contribution in [3.05, 3.63) is 29.6 Å². The maximum absolute atomic E-state index is 13.2. The molecule has 1 fully saturated rings. The second-order valence-electron chi connectivity index (χ2n) is 4.70. The summed E-state index contributed by atoms with van der Waals surface area (Å²) in [5.74, 6) is 0.511. The Labute approximate surface area is 106 Å². The summed E-state index contributed by atoms with van der Waals surface area (Å²) in [7, 11) is 1.69. The Kier molecular flexibility index (Phi) is 4.31. The molecule has 0 radical (unpaired) electrons. The number of benzene rings is 1. The molecule has 0 atom stereocenters. The van der Waals surface area contributed by atoms with Crippen LogP contribution in [0.25, 0.3) is 0 Å². The minimum absolute atomic E-state index is 0.152. The molecule has 3 nitrogen and oxygen atoms in total. The third-order valence-corrected chi connectivity index (χ3v) is 3.28. The summed E-state index contributed by atoms with van der Waals surface area (Å²) in [6, 6.07) is 4.11. The van der Waals surface area contributed by atoms with E-state index >= 15 is 0 Å². The largest absolute Gasteiger partial charge is 0.493 e. The molecule has 1 saturated carbocycles. The highest BCUT2D eigenvalue weighted by molar-refractivity contribution is 6.00. The lowest BCUT2D eigenvalue weighted by Crippen LogP contribution is -2.22. The molecule has 0 bridgehead atoms. The van der Waals surface area contributed by atoms with Gasteiger partial charge in [0.15, 0.2) is 5.78 Å². The van der Waals surface area contributed by atoms with Crippen molar-refractivity contribution in [2.45, 2.75) is 19.3 Å². The van der Waals surface area contributed by atoms with Crippen molar-refractivity contribution >= 4 is 5.78 Å². The standard InChI is InChI=1S/C14H18FNO2/c1-16-8-13(17)12-7-11(15)5-6-14(12)18-9-10-3-2-4-10/h5-7,10,16H,2-4,8-9H2,1H3. The van der Waals surface area contributed by atoms with Crippen LogP contribution < -0.4 is 10.1 Å². The molecule has 1 aromatic rings. The molecule has 18 heavy (non-hydrogen) atoms. The number of carbonyl (C=O) groups is 1. The van der Waals surface area contributed by atoms with Gasteiger partial charge in [-0.3, -0.25) is 4.79 Å². The maximum atomic E-state index is 13.2. The molecule has 0 heterocycles. The average molecular weight is 251 g/mol. The van der Waals surface area contributed by atoms with Gasteiger partial charge in [0, 0.05) is 0 Å². The molecule has 1 aromatic carbocycles. The van der Waals surface area contributed by atoms with Crippen molar-refractivity contribution in [3.8, 4) is 5.75 Å². The zero-order chi connectivity index (χ0) is 13.0. The van der Waals surface area contributed by atoms with Crippen LogP contribution in [-0.2, 0) is 0 Å². The first-order valence-corrected chi connectivity index (χ1v) is 6.31. The molecule has 1 N–H and O–H groups in total. The van der Waals surface area contributed by atoms with Gasteiger partial charge in [0.1, 0.15) is 11.6 Å². The summed E-state index contributed by atoms with van der Waals surface area (Å²) in [5, 5.41) is 2.77. The molecule has 0 saturated heterocycles. The van der Waals surface area contributed by atoms with Gasteiger partial charge in [-0.15, -0.1) is 0 Å². The fraction of sp³-hybridized carbons (Fsp3) is 0.500. The lowest BCUT2D eigenvalue weighted by atomic mass is 9.86. The second kappa shape index (κ2) is 5.96. The van der Waals surface area contributed by atoms with Gasteiger partial charge in [-0.05, 0) is 44.0 Å². The second-order valence-corrected chi connectivity index (χ2v) is 4.70. The van der Waals surface area contributed by atoms with Crippen molar-refractivity contribution in [1.29, 1.82) is 0 Å². The van der Waals surface area contributed by atoms with E-state index in [1.54, 1.807) is 7.05 Å². The van der Waals surface area contributed by atoms with Crippen molar-refractivity contribution in [3.63, 3.8) is 0 Å². The van der Waals surface area contributed by atoms with Crippen LogP contribution in [0.3, 0.4) is 0 Å². The van der Waals surface area contributed by atoms with Gasteiger partial charge in [-0.25, -0.2) is 4.39 Å². The summed E-state index contributed by atoms with van der Waals surface area (Å²) in [5.41, 5.74) is 0.323.